The third kappa shape index (κ3) is 3.56. The standard InChI is InChI=1S/C30H31O2P/c1-19(2)23-15-12-20(3)18-28(23)33-31-26-16-13-21-8-4-6-10-24(21)29(26)30-25-11-7-5-9-22(25)14-17-27(30)32-33/h4-11,13-14,16-17,19-20,23,28H,12,15,18H2,1-3H3. The lowest BCUT2D eigenvalue weighted by atomic mass is 9.77. The lowest BCUT2D eigenvalue weighted by Crippen LogP contribution is -2.22. The molecule has 0 spiro atoms. The minimum Gasteiger partial charge on any atom is -0.419 e. The highest BCUT2D eigenvalue weighted by molar-refractivity contribution is 7.37. The highest BCUT2D eigenvalue weighted by atomic mass is 31.1. The fourth-order valence-corrected chi connectivity index (χ4v) is 8.25. The van der Waals surface area contributed by atoms with Crippen LogP contribution in [0.15, 0.2) is 81.2 Å². The zero-order valence-corrected chi connectivity index (χ0v) is 20.5. The second kappa shape index (κ2) is 8.26. The van der Waals surface area contributed by atoms with Crippen LogP contribution in [-0.2, 0) is 0 Å². The number of fused-ring (bicyclic) bond motifs is 7. The molecule has 1 saturated carbocycles. The van der Waals surface area contributed by atoms with Gasteiger partial charge in [0.2, 0.25) is 8.01 Å². The van der Waals surface area contributed by atoms with Crippen molar-refractivity contribution in [2.24, 2.45) is 17.8 Å². The van der Waals surface area contributed by atoms with Crippen molar-refractivity contribution in [2.45, 2.75) is 45.7 Å². The predicted molar refractivity (Wildman–Crippen MR) is 142 cm³/mol. The average Bonchev–Trinajstić information content (AvgIpc) is 3.01. The monoisotopic (exact) mass is 454 g/mol. The summed E-state index contributed by atoms with van der Waals surface area (Å²) in [6, 6.07) is 26.0. The fraction of sp³-hybridized carbons (Fsp3) is 0.333. The van der Waals surface area contributed by atoms with Crippen molar-refractivity contribution >= 4 is 51.5 Å². The van der Waals surface area contributed by atoms with Crippen molar-refractivity contribution in [3.63, 3.8) is 0 Å². The van der Waals surface area contributed by atoms with Gasteiger partial charge in [-0.05, 0) is 64.3 Å². The van der Waals surface area contributed by atoms with Crippen LogP contribution in [-0.4, -0.2) is 0 Å². The molecule has 1 aliphatic rings. The first-order valence-corrected chi connectivity index (χ1v) is 13.5. The van der Waals surface area contributed by atoms with E-state index in [-0.39, 0.29) is 0 Å². The summed E-state index contributed by atoms with van der Waals surface area (Å²) >= 11 is 0. The van der Waals surface area contributed by atoms with Gasteiger partial charge in [-0.25, -0.2) is 0 Å². The van der Waals surface area contributed by atoms with Gasteiger partial charge in [0.15, 0.2) is 0 Å². The van der Waals surface area contributed by atoms with Gasteiger partial charge in [0, 0.05) is 10.8 Å². The molecule has 0 aliphatic heterocycles. The molecule has 0 saturated heterocycles. The Labute approximate surface area is 196 Å². The van der Waals surface area contributed by atoms with E-state index in [2.05, 4.69) is 93.6 Å². The molecule has 6 rings (SSSR count). The van der Waals surface area contributed by atoms with Crippen LogP contribution < -0.4 is 0 Å². The molecular weight excluding hydrogens is 423 g/mol. The van der Waals surface area contributed by atoms with Crippen molar-refractivity contribution in [1.82, 2.24) is 0 Å². The van der Waals surface area contributed by atoms with Gasteiger partial charge in [0.25, 0.3) is 0 Å². The molecule has 0 amide bonds. The maximum atomic E-state index is 6.91. The molecule has 168 valence electrons. The molecule has 1 aromatic heterocycles. The van der Waals surface area contributed by atoms with E-state index in [4.69, 9.17) is 8.39 Å². The van der Waals surface area contributed by atoms with Gasteiger partial charge in [-0.15, -0.1) is 0 Å². The summed E-state index contributed by atoms with van der Waals surface area (Å²) in [5.74, 6) is 1.99. The summed E-state index contributed by atoms with van der Waals surface area (Å²) in [6.45, 7) is 7.12. The Hall–Kier alpha value is -2.70. The minimum absolute atomic E-state index is 0.445. The van der Waals surface area contributed by atoms with E-state index in [1.807, 2.05) is 0 Å². The van der Waals surface area contributed by atoms with Crippen LogP contribution in [0, 0.1) is 17.8 Å². The van der Waals surface area contributed by atoms with Crippen molar-refractivity contribution in [1.29, 1.82) is 0 Å². The van der Waals surface area contributed by atoms with Crippen LogP contribution in [0.1, 0.15) is 45.7 Å². The Bertz CT molecular complexity index is 1420. The van der Waals surface area contributed by atoms with Gasteiger partial charge in [0.1, 0.15) is 11.2 Å². The van der Waals surface area contributed by atoms with E-state index in [0.29, 0.717) is 17.5 Å². The molecule has 3 unspecified atom stereocenters. The molecule has 0 bridgehead atoms. The number of hydrogen-bond acceptors (Lipinski definition) is 2. The van der Waals surface area contributed by atoms with E-state index in [1.165, 1.54) is 51.6 Å². The number of hydrogen-bond donors (Lipinski definition) is 0. The molecule has 33 heavy (non-hydrogen) atoms. The Balaban J connectivity index is 1.77. The molecular formula is C30H31O2P. The molecule has 3 atom stereocenters. The van der Waals surface area contributed by atoms with Crippen molar-refractivity contribution < 1.29 is 8.39 Å². The molecule has 4 aromatic carbocycles. The molecule has 5 aromatic rings. The first kappa shape index (κ1) is 20.9. The van der Waals surface area contributed by atoms with E-state index in [9.17, 15) is 0 Å². The van der Waals surface area contributed by atoms with Crippen LogP contribution in [0.25, 0.3) is 43.5 Å². The quantitative estimate of drug-likeness (QED) is 0.265. The maximum absolute atomic E-state index is 6.91. The lowest BCUT2D eigenvalue weighted by molar-refractivity contribution is 0.217. The normalized spacial score (nSPS) is 21.4. The first-order chi connectivity index (χ1) is 16.1. The summed E-state index contributed by atoms with van der Waals surface area (Å²) in [5, 5.41) is 7.27. The SMILES string of the molecule is CC1CCC(C(C)C)C(p2oc3ccc4ccccc4c3c3c(ccc4ccccc43)o2)C1. The van der Waals surface area contributed by atoms with E-state index in [1.54, 1.807) is 0 Å². The van der Waals surface area contributed by atoms with Crippen molar-refractivity contribution in [3.05, 3.63) is 72.8 Å². The lowest BCUT2D eigenvalue weighted by Gasteiger charge is -2.35. The van der Waals surface area contributed by atoms with Crippen LogP contribution in [0.4, 0.5) is 0 Å². The third-order valence-electron chi connectivity index (χ3n) is 7.67. The average molecular weight is 455 g/mol. The largest absolute Gasteiger partial charge is 0.419 e. The molecule has 0 N–H and O–H groups in total. The summed E-state index contributed by atoms with van der Waals surface area (Å²) in [5.41, 5.74) is 2.38. The Morgan fingerprint density at radius 3 is 1.82 bits per heavy atom. The minimum atomic E-state index is -1.10. The highest BCUT2D eigenvalue weighted by Crippen LogP contribution is 2.56. The van der Waals surface area contributed by atoms with Crippen LogP contribution in [0.2, 0.25) is 0 Å². The van der Waals surface area contributed by atoms with Gasteiger partial charge in [-0.3, -0.25) is 0 Å². The van der Waals surface area contributed by atoms with Gasteiger partial charge < -0.3 is 8.39 Å². The first-order valence-electron chi connectivity index (χ1n) is 12.3. The number of benzene rings is 4. The predicted octanol–water partition coefficient (Wildman–Crippen LogP) is 10.2. The molecule has 1 heterocycles. The highest BCUT2D eigenvalue weighted by Gasteiger charge is 2.35. The van der Waals surface area contributed by atoms with Gasteiger partial charge in [-0.2, -0.15) is 0 Å². The summed E-state index contributed by atoms with van der Waals surface area (Å²) in [6.07, 6.45) is 3.76. The second-order valence-electron chi connectivity index (χ2n) is 10.2. The molecule has 0 radical (unpaired) electrons. The molecule has 3 heteroatoms. The maximum Gasteiger partial charge on any atom is 0.220 e. The topological polar surface area (TPSA) is 26.3 Å². The molecule has 2 nitrogen and oxygen atoms in total. The van der Waals surface area contributed by atoms with E-state index in [0.717, 1.165) is 17.1 Å². The van der Waals surface area contributed by atoms with Crippen LogP contribution in [0.3, 0.4) is 0 Å². The molecule has 1 fully saturated rings. The van der Waals surface area contributed by atoms with Crippen molar-refractivity contribution in [2.75, 3.05) is 0 Å². The summed E-state index contributed by atoms with van der Waals surface area (Å²) in [7, 11) is -1.10. The van der Waals surface area contributed by atoms with Gasteiger partial charge in [0.05, 0.1) is 5.66 Å². The summed E-state index contributed by atoms with van der Waals surface area (Å²) in [4.78, 5) is 0. The Morgan fingerprint density at radius 1 is 0.727 bits per heavy atom. The Morgan fingerprint density at radius 2 is 1.27 bits per heavy atom. The van der Waals surface area contributed by atoms with Gasteiger partial charge in [-0.1, -0.05) is 87.9 Å². The van der Waals surface area contributed by atoms with E-state index < -0.39 is 8.01 Å². The van der Waals surface area contributed by atoms with Crippen molar-refractivity contribution in [3.8, 4) is 0 Å². The zero-order chi connectivity index (χ0) is 22.5. The zero-order valence-electron chi connectivity index (χ0n) is 19.6. The van der Waals surface area contributed by atoms with Gasteiger partial charge >= 0.3 is 0 Å². The second-order valence-corrected chi connectivity index (χ2v) is 11.8. The van der Waals surface area contributed by atoms with E-state index >= 15 is 0 Å². The smallest absolute Gasteiger partial charge is 0.220 e. The third-order valence-corrected chi connectivity index (χ3v) is 9.55. The summed E-state index contributed by atoms with van der Waals surface area (Å²) < 4.78 is 13.8. The van der Waals surface area contributed by atoms with Crippen LogP contribution >= 0.6 is 8.01 Å². The fourth-order valence-electron chi connectivity index (χ4n) is 5.91. The number of rotatable bonds is 2. The Kier molecular flexibility index (Phi) is 5.23. The molecule has 1 aliphatic carbocycles. The van der Waals surface area contributed by atoms with Crippen LogP contribution in [0.5, 0.6) is 0 Å².